The van der Waals surface area contributed by atoms with Crippen molar-refractivity contribution < 1.29 is 19.1 Å². The molecule has 0 heterocycles. The predicted molar refractivity (Wildman–Crippen MR) is 145 cm³/mol. The number of alkyl carbamates (subject to hydrolysis) is 1. The Balaban J connectivity index is 1.40. The Morgan fingerprint density at radius 3 is 2.17 bits per heavy atom. The average Bonchev–Trinajstić information content (AvgIpc) is 3.21. The standard InChI is InChI=1S/C30H31NO4S/c1-4-30(2,3)35-28(32)27(20-36-19-21-12-6-5-7-13-21)31-29(33)34-18-26-24-16-10-8-14-22(24)23-15-9-11-17-25(23)26/h4-17,26-27H,1,18-20H2,2-3H3,(H,31,33)/t27-/m0/s1. The van der Waals surface area contributed by atoms with Gasteiger partial charge in [-0.25, -0.2) is 9.59 Å². The molecule has 186 valence electrons. The number of nitrogens with one attached hydrogen (secondary N) is 1. The maximum Gasteiger partial charge on any atom is 0.407 e. The summed E-state index contributed by atoms with van der Waals surface area (Å²) >= 11 is 1.55. The largest absolute Gasteiger partial charge is 0.454 e. The Morgan fingerprint density at radius 2 is 1.56 bits per heavy atom. The Kier molecular flexibility index (Phi) is 8.16. The van der Waals surface area contributed by atoms with Gasteiger partial charge in [0.05, 0.1) is 0 Å². The van der Waals surface area contributed by atoms with Crippen molar-refractivity contribution in [3.63, 3.8) is 0 Å². The van der Waals surface area contributed by atoms with E-state index in [0.717, 1.165) is 27.8 Å². The summed E-state index contributed by atoms with van der Waals surface area (Å²) in [6, 6.07) is 25.4. The first-order chi connectivity index (χ1) is 17.4. The Morgan fingerprint density at radius 1 is 0.972 bits per heavy atom. The van der Waals surface area contributed by atoms with E-state index in [1.807, 2.05) is 54.6 Å². The number of rotatable bonds is 10. The van der Waals surface area contributed by atoms with E-state index in [1.165, 1.54) is 0 Å². The molecular weight excluding hydrogens is 470 g/mol. The molecule has 36 heavy (non-hydrogen) atoms. The predicted octanol–water partition coefficient (Wildman–Crippen LogP) is 6.33. The molecule has 0 bridgehead atoms. The molecule has 1 amide bonds. The van der Waals surface area contributed by atoms with Gasteiger partial charge in [0.15, 0.2) is 0 Å². The number of carbonyl (C=O) groups is 2. The summed E-state index contributed by atoms with van der Waals surface area (Å²) in [6.45, 7) is 7.40. The van der Waals surface area contributed by atoms with E-state index < -0.39 is 23.7 Å². The molecule has 0 unspecified atom stereocenters. The summed E-state index contributed by atoms with van der Waals surface area (Å²) in [4.78, 5) is 25.8. The van der Waals surface area contributed by atoms with Crippen molar-refractivity contribution in [3.8, 4) is 11.1 Å². The lowest BCUT2D eigenvalue weighted by atomic mass is 9.98. The monoisotopic (exact) mass is 501 g/mol. The Labute approximate surface area is 216 Å². The van der Waals surface area contributed by atoms with Crippen LogP contribution in [0.25, 0.3) is 11.1 Å². The molecular formula is C30H31NO4S. The number of fused-ring (bicyclic) bond motifs is 3. The highest BCUT2D eigenvalue weighted by Gasteiger charge is 2.31. The molecule has 0 fully saturated rings. The van der Waals surface area contributed by atoms with Gasteiger partial charge in [-0.15, -0.1) is 0 Å². The first kappa shape index (κ1) is 25.6. The number of esters is 1. The maximum absolute atomic E-state index is 12.9. The average molecular weight is 502 g/mol. The summed E-state index contributed by atoms with van der Waals surface area (Å²) < 4.78 is 11.2. The zero-order valence-corrected chi connectivity index (χ0v) is 21.4. The van der Waals surface area contributed by atoms with Crippen LogP contribution in [0.2, 0.25) is 0 Å². The number of ether oxygens (including phenoxy) is 2. The molecule has 1 aliphatic carbocycles. The van der Waals surface area contributed by atoms with E-state index in [0.29, 0.717) is 11.5 Å². The molecule has 0 spiro atoms. The molecule has 0 saturated carbocycles. The molecule has 5 nitrogen and oxygen atoms in total. The second-order valence-electron chi connectivity index (χ2n) is 9.25. The van der Waals surface area contributed by atoms with E-state index in [4.69, 9.17) is 9.47 Å². The molecule has 0 aromatic heterocycles. The molecule has 3 aromatic rings. The van der Waals surface area contributed by atoms with Gasteiger partial charge in [-0.3, -0.25) is 0 Å². The number of hydrogen-bond acceptors (Lipinski definition) is 5. The van der Waals surface area contributed by atoms with Gasteiger partial charge in [0, 0.05) is 17.4 Å². The molecule has 0 aliphatic heterocycles. The fourth-order valence-corrected chi connectivity index (χ4v) is 5.19. The second-order valence-corrected chi connectivity index (χ2v) is 10.3. The van der Waals surface area contributed by atoms with Gasteiger partial charge < -0.3 is 14.8 Å². The number of hydrogen-bond donors (Lipinski definition) is 1. The highest BCUT2D eigenvalue weighted by Crippen LogP contribution is 2.44. The van der Waals surface area contributed by atoms with E-state index in [-0.39, 0.29) is 12.5 Å². The van der Waals surface area contributed by atoms with Crippen LogP contribution < -0.4 is 5.32 Å². The van der Waals surface area contributed by atoms with Crippen LogP contribution in [-0.2, 0) is 20.0 Å². The van der Waals surface area contributed by atoms with Crippen molar-refractivity contribution in [2.24, 2.45) is 0 Å². The van der Waals surface area contributed by atoms with Crippen LogP contribution in [0.15, 0.2) is 91.5 Å². The van der Waals surface area contributed by atoms with Gasteiger partial charge in [-0.05, 0) is 47.7 Å². The van der Waals surface area contributed by atoms with Crippen molar-refractivity contribution in [2.45, 2.75) is 37.2 Å². The smallest absolute Gasteiger partial charge is 0.407 e. The number of amides is 1. The Hall–Kier alpha value is -3.51. The highest BCUT2D eigenvalue weighted by atomic mass is 32.2. The lowest BCUT2D eigenvalue weighted by molar-refractivity contribution is -0.154. The summed E-state index contributed by atoms with van der Waals surface area (Å²) in [5.74, 6) is 0.488. The van der Waals surface area contributed by atoms with E-state index in [9.17, 15) is 9.59 Å². The van der Waals surface area contributed by atoms with Gasteiger partial charge in [0.2, 0.25) is 0 Å². The minimum absolute atomic E-state index is 0.0549. The summed E-state index contributed by atoms with van der Waals surface area (Å²) in [7, 11) is 0. The number of thioether (sulfide) groups is 1. The zero-order valence-electron chi connectivity index (χ0n) is 20.6. The molecule has 6 heteroatoms. The fourth-order valence-electron chi connectivity index (χ4n) is 4.19. The second kappa shape index (κ2) is 11.5. The van der Waals surface area contributed by atoms with Crippen molar-refractivity contribution >= 4 is 23.8 Å². The molecule has 0 saturated heterocycles. The van der Waals surface area contributed by atoms with Gasteiger partial charge in [0.1, 0.15) is 18.2 Å². The molecule has 1 atom stereocenters. The van der Waals surface area contributed by atoms with Crippen LogP contribution in [0, 0.1) is 0 Å². The molecule has 1 N–H and O–H groups in total. The van der Waals surface area contributed by atoms with Gasteiger partial charge in [0.25, 0.3) is 0 Å². The molecule has 1 aliphatic rings. The van der Waals surface area contributed by atoms with E-state index in [1.54, 1.807) is 31.7 Å². The lowest BCUT2D eigenvalue weighted by Crippen LogP contribution is -2.46. The highest BCUT2D eigenvalue weighted by molar-refractivity contribution is 7.98. The van der Waals surface area contributed by atoms with Crippen LogP contribution in [0.4, 0.5) is 4.79 Å². The topological polar surface area (TPSA) is 64.6 Å². The quantitative estimate of drug-likeness (QED) is 0.260. The van der Waals surface area contributed by atoms with Crippen LogP contribution in [0.3, 0.4) is 0 Å². The summed E-state index contributed by atoms with van der Waals surface area (Å²) in [5.41, 5.74) is 4.88. The minimum Gasteiger partial charge on any atom is -0.454 e. The number of benzene rings is 3. The van der Waals surface area contributed by atoms with Gasteiger partial charge in [-0.2, -0.15) is 11.8 Å². The third-order valence-electron chi connectivity index (χ3n) is 6.17. The molecule has 0 radical (unpaired) electrons. The fraction of sp³-hybridized carbons (Fsp3) is 0.267. The third-order valence-corrected chi connectivity index (χ3v) is 7.28. The first-order valence-corrected chi connectivity index (χ1v) is 13.1. The number of carbonyl (C=O) groups excluding carboxylic acids is 2. The lowest BCUT2D eigenvalue weighted by Gasteiger charge is -2.25. The third kappa shape index (κ3) is 6.18. The minimum atomic E-state index is -0.853. The van der Waals surface area contributed by atoms with E-state index in [2.05, 4.69) is 36.2 Å². The van der Waals surface area contributed by atoms with Gasteiger partial charge >= 0.3 is 12.1 Å². The zero-order chi connectivity index (χ0) is 25.5. The van der Waals surface area contributed by atoms with Crippen LogP contribution in [-0.4, -0.2) is 36.1 Å². The van der Waals surface area contributed by atoms with Crippen molar-refractivity contribution in [2.75, 3.05) is 12.4 Å². The van der Waals surface area contributed by atoms with Gasteiger partial charge in [-0.1, -0.05) is 85.4 Å². The van der Waals surface area contributed by atoms with E-state index >= 15 is 0 Å². The van der Waals surface area contributed by atoms with Crippen molar-refractivity contribution in [1.29, 1.82) is 0 Å². The normalized spacial score (nSPS) is 13.3. The van der Waals surface area contributed by atoms with Crippen LogP contribution in [0.5, 0.6) is 0 Å². The first-order valence-electron chi connectivity index (χ1n) is 12.0. The summed E-state index contributed by atoms with van der Waals surface area (Å²) in [5, 5.41) is 2.73. The van der Waals surface area contributed by atoms with Crippen molar-refractivity contribution in [1.82, 2.24) is 5.32 Å². The molecule has 4 rings (SSSR count). The van der Waals surface area contributed by atoms with Crippen LogP contribution in [0.1, 0.15) is 36.5 Å². The van der Waals surface area contributed by atoms with Crippen LogP contribution >= 0.6 is 11.8 Å². The maximum atomic E-state index is 12.9. The van der Waals surface area contributed by atoms with Crippen molar-refractivity contribution in [3.05, 3.63) is 108 Å². The summed E-state index contributed by atoms with van der Waals surface area (Å²) in [6.07, 6.45) is 0.919. The SMILES string of the molecule is C=CC(C)(C)OC(=O)[C@H](CSCc1ccccc1)NC(=O)OCC1c2ccccc2-c2ccccc21. The molecule has 3 aromatic carbocycles. The Bertz CT molecular complexity index is 1180.